The molecule has 1 heterocycles. The van der Waals surface area contributed by atoms with Crippen LogP contribution in [0.15, 0.2) is 0 Å². The fourth-order valence-electron chi connectivity index (χ4n) is 1.70. The van der Waals surface area contributed by atoms with Crippen LogP contribution < -0.4 is 10.6 Å². The van der Waals surface area contributed by atoms with Gasteiger partial charge in [0.1, 0.15) is 0 Å². The van der Waals surface area contributed by atoms with Crippen molar-refractivity contribution in [3.05, 3.63) is 0 Å². The molecule has 0 spiro atoms. The predicted molar refractivity (Wildman–Crippen MR) is 72.9 cm³/mol. The lowest BCUT2D eigenvalue weighted by Crippen LogP contribution is -2.45. The first-order valence-electron chi connectivity index (χ1n) is 6.34. The predicted octanol–water partition coefficient (Wildman–Crippen LogP) is 1.68. The quantitative estimate of drug-likeness (QED) is 0.688. The van der Waals surface area contributed by atoms with Crippen molar-refractivity contribution < 1.29 is 14.7 Å². The maximum Gasteiger partial charge on any atom is 0.314 e. The minimum absolute atomic E-state index is 0.155. The molecule has 0 aromatic carbocycles. The van der Waals surface area contributed by atoms with E-state index in [0.29, 0.717) is 18.2 Å². The van der Waals surface area contributed by atoms with E-state index in [0.717, 1.165) is 6.42 Å². The number of nitrogens with one attached hydrogen (secondary N) is 2. The number of carboxylic acid groups (broad SMARTS) is 1. The Morgan fingerprint density at radius 3 is 2.67 bits per heavy atom. The Morgan fingerprint density at radius 1 is 1.44 bits per heavy atom. The number of thioether (sulfide) groups is 1. The SMILES string of the molecule is CCC(C)(CNC(=O)NCC1CCCS1)C(=O)O. The van der Waals surface area contributed by atoms with Gasteiger partial charge >= 0.3 is 12.0 Å². The van der Waals surface area contributed by atoms with E-state index < -0.39 is 11.4 Å². The zero-order chi connectivity index (χ0) is 13.6. The summed E-state index contributed by atoms with van der Waals surface area (Å²) in [6, 6.07) is -0.275. The van der Waals surface area contributed by atoms with Gasteiger partial charge < -0.3 is 15.7 Å². The van der Waals surface area contributed by atoms with Crippen LogP contribution in [0.4, 0.5) is 4.79 Å². The molecule has 18 heavy (non-hydrogen) atoms. The third kappa shape index (κ3) is 4.40. The molecule has 5 nitrogen and oxygen atoms in total. The van der Waals surface area contributed by atoms with Crippen molar-refractivity contribution in [2.45, 2.75) is 38.4 Å². The molecule has 1 aliphatic rings. The third-order valence-electron chi connectivity index (χ3n) is 3.45. The number of amides is 2. The molecule has 0 radical (unpaired) electrons. The van der Waals surface area contributed by atoms with Gasteiger partial charge in [0.15, 0.2) is 0 Å². The van der Waals surface area contributed by atoms with Crippen molar-refractivity contribution in [2.75, 3.05) is 18.8 Å². The number of hydrogen-bond acceptors (Lipinski definition) is 3. The highest BCUT2D eigenvalue weighted by Crippen LogP contribution is 2.25. The molecule has 0 aromatic heterocycles. The number of rotatable bonds is 6. The van der Waals surface area contributed by atoms with Gasteiger partial charge in [0.05, 0.1) is 5.41 Å². The first-order chi connectivity index (χ1) is 8.48. The molecule has 2 amide bonds. The number of hydrogen-bond donors (Lipinski definition) is 3. The van der Waals surface area contributed by atoms with Gasteiger partial charge in [-0.3, -0.25) is 4.79 Å². The summed E-state index contributed by atoms with van der Waals surface area (Å²) in [6.07, 6.45) is 2.85. The van der Waals surface area contributed by atoms with Crippen LogP contribution in [-0.4, -0.2) is 41.2 Å². The molecular weight excluding hydrogens is 252 g/mol. The lowest BCUT2D eigenvalue weighted by atomic mass is 9.88. The van der Waals surface area contributed by atoms with Crippen molar-refractivity contribution >= 4 is 23.8 Å². The summed E-state index contributed by atoms with van der Waals surface area (Å²) in [5.41, 5.74) is -0.889. The normalized spacial score (nSPS) is 22.2. The van der Waals surface area contributed by atoms with Crippen LogP contribution in [0.1, 0.15) is 33.1 Å². The van der Waals surface area contributed by atoms with Crippen molar-refractivity contribution in [2.24, 2.45) is 5.41 Å². The summed E-state index contributed by atoms with van der Waals surface area (Å²) in [7, 11) is 0. The number of carbonyl (C=O) groups is 2. The molecule has 0 aromatic rings. The summed E-state index contributed by atoms with van der Waals surface area (Å²) < 4.78 is 0. The van der Waals surface area contributed by atoms with Crippen LogP contribution >= 0.6 is 11.8 Å². The largest absolute Gasteiger partial charge is 0.481 e. The summed E-state index contributed by atoms with van der Waals surface area (Å²) in [5, 5.41) is 15.0. The number of carboxylic acids is 1. The lowest BCUT2D eigenvalue weighted by Gasteiger charge is -2.23. The monoisotopic (exact) mass is 274 g/mol. The van der Waals surface area contributed by atoms with Gasteiger partial charge in [-0.15, -0.1) is 0 Å². The standard InChI is InChI=1S/C12H22N2O3S/c1-3-12(2,10(15)16)8-14-11(17)13-7-9-5-4-6-18-9/h9H,3-8H2,1-2H3,(H,15,16)(H2,13,14,17). The molecule has 3 N–H and O–H groups in total. The minimum atomic E-state index is -0.889. The van der Waals surface area contributed by atoms with Crippen molar-refractivity contribution in [3.8, 4) is 0 Å². The van der Waals surface area contributed by atoms with Crippen LogP contribution in [0, 0.1) is 5.41 Å². The van der Waals surface area contributed by atoms with Crippen molar-refractivity contribution in [1.29, 1.82) is 0 Å². The Labute approximate surface area is 112 Å². The molecule has 0 bridgehead atoms. The lowest BCUT2D eigenvalue weighted by molar-refractivity contribution is -0.147. The Kier molecular flexibility index (Phi) is 5.78. The average molecular weight is 274 g/mol. The molecule has 2 atom stereocenters. The molecule has 1 saturated heterocycles. The topological polar surface area (TPSA) is 78.4 Å². The van der Waals surface area contributed by atoms with Gasteiger partial charge in [0.25, 0.3) is 0 Å². The van der Waals surface area contributed by atoms with Gasteiger partial charge in [-0.05, 0) is 31.9 Å². The Hall–Kier alpha value is -0.910. The van der Waals surface area contributed by atoms with E-state index in [1.54, 1.807) is 6.92 Å². The van der Waals surface area contributed by atoms with Gasteiger partial charge in [-0.25, -0.2) is 4.79 Å². The first kappa shape index (κ1) is 15.1. The number of urea groups is 1. The molecule has 1 rings (SSSR count). The highest BCUT2D eigenvalue weighted by molar-refractivity contribution is 8.00. The molecule has 6 heteroatoms. The zero-order valence-electron chi connectivity index (χ0n) is 11.0. The number of aliphatic carboxylic acids is 1. The van der Waals surface area contributed by atoms with E-state index in [2.05, 4.69) is 10.6 Å². The minimum Gasteiger partial charge on any atom is -0.481 e. The highest BCUT2D eigenvalue weighted by atomic mass is 32.2. The van der Waals surface area contributed by atoms with Crippen molar-refractivity contribution in [1.82, 2.24) is 10.6 Å². The summed E-state index contributed by atoms with van der Waals surface area (Å²) in [6.45, 7) is 4.26. The molecule has 2 unspecified atom stereocenters. The van der Waals surface area contributed by atoms with E-state index in [-0.39, 0.29) is 12.6 Å². The van der Waals surface area contributed by atoms with Crippen LogP contribution in [0.2, 0.25) is 0 Å². The van der Waals surface area contributed by atoms with E-state index in [4.69, 9.17) is 5.11 Å². The second-order valence-electron chi connectivity index (χ2n) is 4.92. The second kappa shape index (κ2) is 6.87. The fourth-order valence-corrected chi connectivity index (χ4v) is 2.90. The highest BCUT2D eigenvalue weighted by Gasteiger charge is 2.31. The summed E-state index contributed by atoms with van der Waals surface area (Å²) in [4.78, 5) is 22.6. The van der Waals surface area contributed by atoms with Crippen LogP contribution in [-0.2, 0) is 4.79 Å². The van der Waals surface area contributed by atoms with Crippen LogP contribution in [0.25, 0.3) is 0 Å². The van der Waals surface area contributed by atoms with E-state index >= 15 is 0 Å². The van der Waals surface area contributed by atoms with E-state index in [1.807, 2.05) is 18.7 Å². The molecule has 0 aliphatic carbocycles. The smallest absolute Gasteiger partial charge is 0.314 e. The molecule has 1 fully saturated rings. The Balaban J connectivity index is 2.25. The molecule has 1 aliphatic heterocycles. The first-order valence-corrected chi connectivity index (χ1v) is 7.39. The summed E-state index contributed by atoms with van der Waals surface area (Å²) >= 11 is 1.88. The maximum atomic E-state index is 11.6. The number of carbonyl (C=O) groups excluding carboxylic acids is 1. The molecular formula is C12H22N2O3S. The maximum absolute atomic E-state index is 11.6. The van der Waals surface area contributed by atoms with Crippen LogP contribution in [0.5, 0.6) is 0 Å². The second-order valence-corrected chi connectivity index (χ2v) is 6.33. The van der Waals surface area contributed by atoms with Gasteiger partial charge in [0.2, 0.25) is 0 Å². The summed E-state index contributed by atoms with van der Waals surface area (Å²) in [5.74, 6) is 0.289. The molecule has 0 saturated carbocycles. The van der Waals surface area contributed by atoms with Gasteiger partial charge in [-0.1, -0.05) is 6.92 Å². The van der Waals surface area contributed by atoms with Gasteiger partial charge in [0, 0.05) is 18.3 Å². The Bertz CT molecular complexity index is 306. The Morgan fingerprint density at radius 2 is 2.17 bits per heavy atom. The molecule has 104 valence electrons. The van der Waals surface area contributed by atoms with E-state index in [9.17, 15) is 9.59 Å². The van der Waals surface area contributed by atoms with E-state index in [1.165, 1.54) is 12.2 Å². The zero-order valence-corrected chi connectivity index (χ0v) is 11.8. The van der Waals surface area contributed by atoms with Crippen molar-refractivity contribution in [3.63, 3.8) is 0 Å². The fraction of sp³-hybridized carbons (Fsp3) is 0.833. The average Bonchev–Trinajstić information content (AvgIpc) is 2.86. The van der Waals surface area contributed by atoms with Crippen LogP contribution in [0.3, 0.4) is 0 Å². The third-order valence-corrected chi connectivity index (χ3v) is 4.85. The van der Waals surface area contributed by atoms with Gasteiger partial charge in [-0.2, -0.15) is 11.8 Å².